The average molecular weight is 216 g/mol. The molecule has 4 heteroatoms. The summed E-state index contributed by atoms with van der Waals surface area (Å²) in [5, 5.41) is 0. The first-order valence-corrected chi connectivity index (χ1v) is 5.89. The summed E-state index contributed by atoms with van der Waals surface area (Å²) in [6, 6.07) is 0. The number of imidazole rings is 2. The molecule has 1 fully saturated rings. The van der Waals surface area contributed by atoms with Crippen molar-refractivity contribution in [2.24, 2.45) is 0 Å². The second kappa shape index (κ2) is 3.77. The van der Waals surface area contributed by atoms with Gasteiger partial charge in [-0.1, -0.05) is 6.42 Å². The van der Waals surface area contributed by atoms with Gasteiger partial charge >= 0.3 is 0 Å². The number of rotatable bonds is 2. The molecule has 2 aromatic rings. The van der Waals surface area contributed by atoms with Crippen LogP contribution in [-0.4, -0.2) is 19.1 Å². The van der Waals surface area contributed by atoms with E-state index < -0.39 is 0 Å². The molecule has 4 nitrogen and oxygen atoms in total. The molecule has 16 heavy (non-hydrogen) atoms. The van der Waals surface area contributed by atoms with E-state index in [2.05, 4.69) is 31.5 Å². The lowest BCUT2D eigenvalue weighted by molar-refractivity contribution is 0.150. The summed E-state index contributed by atoms with van der Waals surface area (Å²) in [6.45, 7) is 0. The summed E-state index contributed by atoms with van der Waals surface area (Å²) in [6.07, 6.45) is 17.9. The molecule has 0 N–H and O–H groups in total. The maximum absolute atomic E-state index is 4.18. The van der Waals surface area contributed by atoms with Crippen LogP contribution in [0, 0.1) is 0 Å². The first kappa shape index (κ1) is 9.63. The summed E-state index contributed by atoms with van der Waals surface area (Å²) >= 11 is 0. The van der Waals surface area contributed by atoms with Gasteiger partial charge in [-0.05, 0) is 25.7 Å². The molecule has 1 saturated carbocycles. The Kier molecular flexibility index (Phi) is 2.27. The van der Waals surface area contributed by atoms with E-state index in [4.69, 9.17) is 0 Å². The molecule has 0 radical (unpaired) electrons. The highest BCUT2D eigenvalue weighted by Gasteiger charge is 2.34. The van der Waals surface area contributed by atoms with Crippen LogP contribution in [0.1, 0.15) is 32.1 Å². The largest absolute Gasteiger partial charge is 0.313 e. The fourth-order valence-corrected chi connectivity index (χ4v) is 2.78. The first-order chi connectivity index (χ1) is 7.92. The maximum atomic E-state index is 4.18. The molecule has 3 rings (SSSR count). The monoisotopic (exact) mass is 216 g/mol. The van der Waals surface area contributed by atoms with Gasteiger partial charge in [-0.2, -0.15) is 0 Å². The van der Waals surface area contributed by atoms with Crippen LogP contribution in [0.25, 0.3) is 0 Å². The first-order valence-electron chi connectivity index (χ1n) is 5.89. The third kappa shape index (κ3) is 1.37. The summed E-state index contributed by atoms with van der Waals surface area (Å²) in [7, 11) is 0. The molecular weight excluding hydrogens is 200 g/mol. The van der Waals surface area contributed by atoms with E-state index in [0.717, 1.165) is 0 Å². The predicted octanol–water partition coefficient (Wildman–Crippen LogP) is 2.24. The molecule has 2 aromatic heterocycles. The van der Waals surface area contributed by atoms with Crippen molar-refractivity contribution in [1.82, 2.24) is 19.1 Å². The highest BCUT2D eigenvalue weighted by molar-refractivity contribution is 4.97. The van der Waals surface area contributed by atoms with Crippen LogP contribution < -0.4 is 0 Å². The van der Waals surface area contributed by atoms with Crippen molar-refractivity contribution in [2.45, 2.75) is 37.8 Å². The van der Waals surface area contributed by atoms with Gasteiger partial charge in [0.15, 0.2) is 0 Å². The SMILES string of the molecule is c1cn(C2(n3ccnc3)CCCCC2)cn1. The van der Waals surface area contributed by atoms with Gasteiger partial charge in [0, 0.05) is 24.8 Å². The Labute approximate surface area is 94.9 Å². The Morgan fingerprint density at radius 2 is 1.38 bits per heavy atom. The Balaban J connectivity index is 2.07. The molecule has 0 bridgehead atoms. The number of nitrogens with zero attached hydrogens (tertiary/aromatic N) is 4. The van der Waals surface area contributed by atoms with Crippen LogP contribution in [0.2, 0.25) is 0 Å². The second-order valence-corrected chi connectivity index (χ2v) is 4.48. The Morgan fingerprint density at radius 3 is 1.81 bits per heavy atom. The Morgan fingerprint density at radius 1 is 0.812 bits per heavy atom. The Hall–Kier alpha value is -1.58. The van der Waals surface area contributed by atoms with E-state index in [1.807, 2.05) is 25.0 Å². The standard InChI is InChI=1S/C12H16N4/c1-2-4-12(5-3-1,15-8-6-13-10-15)16-9-7-14-11-16/h6-11H,1-5H2. The zero-order valence-electron chi connectivity index (χ0n) is 9.29. The van der Waals surface area contributed by atoms with Crippen molar-refractivity contribution < 1.29 is 0 Å². The number of hydrogen-bond donors (Lipinski definition) is 0. The highest BCUT2D eigenvalue weighted by atomic mass is 15.3. The normalized spacial score (nSPS) is 19.8. The van der Waals surface area contributed by atoms with Gasteiger partial charge in [0.25, 0.3) is 0 Å². The van der Waals surface area contributed by atoms with Gasteiger partial charge in [0.1, 0.15) is 5.66 Å². The van der Waals surface area contributed by atoms with Crippen molar-refractivity contribution in [3.63, 3.8) is 0 Å². The Bertz CT molecular complexity index is 387. The zero-order valence-corrected chi connectivity index (χ0v) is 9.29. The number of hydrogen-bond acceptors (Lipinski definition) is 2. The molecule has 1 aliphatic carbocycles. The lowest BCUT2D eigenvalue weighted by atomic mass is 9.88. The van der Waals surface area contributed by atoms with E-state index in [-0.39, 0.29) is 5.66 Å². The average Bonchev–Trinajstić information content (AvgIpc) is 3.04. The van der Waals surface area contributed by atoms with Crippen LogP contribution in [0.3, 0.4) is 0 Å². The lowest BCUT2D eigenvalue weighted by Crippen LogP contribution is -2.41. The van der Waals surface area contributed by atoms with Gasteiger partial charge in [-0.25, -0.2) is 9.97 Å². The van der Waals surface area contributed by atoms with Crippen LogP contribution in [-0.2, 0) is 5.66 Å². The molecule has 0 saturated heterocycles. The minimum absolute atomic E-state index is 0.0330. The van der Waals surface area contributed by atoms with Gasteiger partial charge in [0.05, 0.1) is 12.7 Å². The maximum Gasteiger partial charge on any atom is 0.122 e. The highest BCUT2D eigenvalue weighted by Crippen LogP contribution is 2.35. The van der Waals surface area contributed by atoms with Gasteiger partial charge in [-0.3, -0.25) is 0 Å². The molecule has 2 heterocycles. The fraction of sp³-hybridized carbons (Fsp3) is 0.500. The quantitative estimate of drug-likeness (QED) is 0.771. The van der Waals surface area contributed by atoms with Crippen LogP contribution in [0.5, 0.6) is 0 Å². The molecule has 0 unspecified atom stereocenters. The third-order valence-corrected chi connectivity index (χ3v) is 3.62. The molecule has 1 aliphatic rings. The molecule has 84 valence electrons. The van der Waals surface area contributed by atoms with E-state index in [1.54, 1.807) is 0 Å². The van der Waals surface area contributed by atoms with Crippen molar-refractivity contribution in [3.05, 3.63) is 37.4 Å². The summed E-state index contributed by atoms with van der Waals surface area (Å²) in [5.74, 6) is 0. The summed E-state index contributed by atoms with van der Waals surface area (Å²) in [5.41, 5.74) is 0.0330. The molecule has 0 amide bonds. The van der Waals surface area contributed by atoms with Crippen LogP contribution in [0.15, 0.2) is 37.4 Å². The second-order valence-electron chi connectivity index (χ2n) is 4.48. The van der Waals surface area contributed by atoms with E-state index in [1.165, 1.54) is 32.1 Å². The molecule has 0 aromatic carbocycles. The lowest BCUT2D eigenvalue weighted by Gasteiger charge is -2.39. The van der Waals surface area contributed by atoms with Crippen molar-refractivity contribution in [2.75, 3.05) is 0 Å². The minimum atomic E-state index is 0.0330. The van der Waals surface area contributed by atoms with Gasteiger partial charge in [0.2, 0.25) is 0 Å². The summed E-state index contributed by atoms with van der Waals surface area (Å²) in [4.78, 5) is 8.36. The molecule has 0 spiro atoms. The van der Waals surface area contributed by atoms with Crippen molar-refractivity contribution in [3.8, 4) is 0 Å². The van der Waals surface area contributed by atoms with Crippen molar-refractivity contribution in [1.29, 1.82) is 0 Å². The molecular formula is C12H16N4. The van der Waals surface area contributed by atoms with E-state index >= 15 is 0 Å². The predicted molar refractivity (Wildman–Crippen MR) is 60.9 cm³/mol. The van der Waals surface area contributed by atoms with Crippen molar-refractivity contribution >= 4 is 0 Å². The number of aromatic nitrogens is 4. The zero-order chi connectivity index (χ0) is 10.8. The van der Waals surface area contributed by atoms with Gasteiger partial charge in [-0.15, -0.1) is 0 Å². The third-order valence-electron chi connectivity index (χ3n) is 3.62. The van der Waals surface area contributed by atoms with Gasteiger partial charge < -0.3 is 9.13 Å². The fourth-order valence-electron chi connectivity index (χ4n) is 2.78. The van der Waals surface area contributed by atoms with Crippen LogP contribution in [0.4, 0.5) is 0 Å². The minimum Gasteiger partial charge on any atom is -0.313 e. The molecule has 0 aliphatic heterocycles. The summed E-state index contributed by atoms with van der Waals surface area (Å²) < 4.78 is 4.46. The smallest absolute Gasteiger partial charge is 0.122 e. The van der Waals surface area contributed by atoms with Crippen LogP contribution >= 0.6 is 0 Å². The van der Waals surface area contributed by atoms with E-state index in [9.17, 15) is 0 Å². The topological polar surface area (TPSA) is 35.6 Å². The van der Waals surface area contributed by atoms with E-state index in [0.29, 0.717) is 0 Å². The molecule has 0 atom stereocenters.